The Balaban J connectivity index is 1.48. The second kappa shape index (κ2) is 8.13. The summed E-state index contributed by atoms with van der Waals surface area (Å²) in [6.07, 6.45) is 3.53. The Morgan fingerprint density at radius 3 is 1.83 bits per heavy atom. The first-order valence-electron chi connectivity index (χ1n) is 9.80. The fourth-order valence-corrected chi connectivity index (χ4v) is 3.38. The molecule has 0 saturated carbocycles. The van der Waals surface area contributed by atoms with Crippen molar-refractivity contribution in [1.29, 1.82) is 0 Å². The van der Waals surface area contributed by atoms with Gasteiger partial charge in [0, 0.05) is 24.5 Å². The number of rotatable bonds is 5. The largest absolute Gasteiger partial charge is 0.489 e. The third kappa shape index (κ3) is 3.89. The van der Waals surface area contributed by atoms with E-state index in [2.05, 4.69) is 40.3 Å². The number of aromatic nitrogens is 3. The van der Waals surface area contributed by atoms with Crippen molar-refractivity contribution in [2.75, 3.05) is 0 Å². The van der Waals surface area contributed by atoms with Gasteiger partial charge in [-0.05, 0) is 46.7 Å². The molecule has 4 heteroatoms. The van der Waals surface area contributed by atoms with E-state index < -0.39 is 0 Å². The maximum Gasteiger partial charge on any atom is 0.124 e. The molecule has 0 saturated heterocycles. The fraction of sp³-hybridized carbons (Fsp3) is 0.0385. The van der Waals surface area contributed by atoms with Crippen LogP contribution < -0.4 is 4.74 Å². The molecule has 0 N–H and O–H groups in total. The van der Waals surface area contributed by atoms with E-state index in [1.165, 1.54) is 10.8 Å². The van der Waals surface area contributed by atoms with E-state index in [4.69, 9.17) is 9.72 Å². The van der Waals surface area contributed by atoms with Gasteiger partial charge in [-0.3, -0.25) is 9.97 Å². The Bertz CT molecular complexity index is 1230. The monoisotopic (exact) mass is 389 g/mol. The van der Waals surface area contributed by atoms with Crippen LogP contribution in [0.25, 0.3) is 33.5 Å². The molecule has 144 valence electrons. The van der Waals surface area contributed by atoms with Crippen LogP contribution >= 0.6 is 0 Å². The molecule has 0 atom stereocenters. The molecule has 3 heterocycles. The number of nitrogens with zero attached hydrogens (tertiary/aromatic N) is 3. The number of benzene rings is 2. The minimum Gasteiger partial charge on any atom is -0.489 e. The lowest BCUT2D eigenvalue weighted by Gasteiger charge is -2.11. The molecule has 5 aromatic rings. The molecule has 0 aliphatic rings. The Hall–Kier alpha value is -4.05. The Kier molecular flexibility index (Phi) is 4.88. The van der Waals surface area contributed by atoms with Gasteiger partial charge in [0.05, 0.1) is 22.8 Å². The molecule has 0 spiro atoms. The van der Waals surface area contributed by atoms with Crippen LogP contribution in [0.1, 0.15) is 5.56 Å². The Labute approximate surface area is 174 Å². The van der Waals surface area contributed by atoms with Gasteiger partial charge in [-0.1, -0.05) is 48.5 Å². The minimum absolute atomic E-state index is 0.470. The van der Waals surface area contributed by atoms with Gasteiger partial charge < -0.3 is 4.74 Å². The first-order valence-corrected chi connectivity index (χ1v) is 9.80. The van der Waals surface area contributed by atoms with Crippen LogP contribution in [0.15, 0.2) is 103 Å². The van der Waals surface area contributed by atoms with Gasteiger partial charge in [0.1, 0.15) is 12.4 Å². The summed E-state index contributed by atoms with van der Waals surface area (Å²) in [6, 6.07) is 30.1. The van der Waals surface area contributed by atoms with Crippen LogP contribution in [0.4, 0.5) is 0 Å². The topological polar surface area (TPSA) is 47.9 Å². The normalized spacial score (nSPS) is 10.8. The van der Waals surface area contributed by atoms with Crippen LogP contribution in [0, 0.1) is 0 Å². The maximum absolute atomic E-state index is 6.17. The second-order valence-corrected chi connectivity index (χ2v) is 6.97. The van der Waals surface area contributed by atoms with E-state index in [-0.39, 0.29) is 0 Å². The van der Waals surface area contributed by atoms with Gasteiger partial charge in [-0.25, -0.2) is 4.98 Å². The molecule has 2 aromatic carbocycles. The summed E-state index contributed by atoms with van der Waals surface area (Å²) >= 11 is 0. The highest BCUT2D eigenvalue weighted by molar-refractivity contribution is 5.83. The highest BCUT2D eigenvalue weighted by Gasteiger charge is 2.10. The van der Waals surface area contributed by atoms with Crippen molar-refractivity contribution in [2.24, 2.45) is 0 Å². The molecule has 0 bridgehead atoms. The smallest absolute Gasteiger partial charge is 0.124 e. The van der Waals surface area contributed by atoms with Gasteiger partial charge in [0.15, 0.2) is 0 Å². The lowest BCUT2D eigenvalue weighted by molar-refractivity contribution is 0.306. The fourth-order valence-electron chi connectivity index (χ4n) is 3.38. The average molecular weight is 389 g/mol. The quantitative estimate of drug-likeness (QED) is 0.373. The Morgan fingerprint density at radius 2 is 1.20 bits per heavy atom. The lowest BCUT2D eigenvalue weighted by atomic mass is 10.1. The number of fused-ring (bicyclic) bond motifs is 1. The molecule has 0 amide bonds. The first-order chi connectivity index (χ1) is 14.8. The first kappa shape index (κ1) is 18.0. The van der Waals surface area contributed by atoms with Gasteiger partial charge in [-0.2, -0.15) is 0 Å². The van der Waals surface area contributed by atoms with E-state index in [1.54, 1.807) is 12.4 Å². The zero-order chi connectivity index (χ0) is 20.2. The van der Waals surface area contributed by atoms with E-state index in [0.29, 0.717) is 6.61 Å². The van der Waals surface area contributed by atoms with Crippen LogP contribution in [0.5, 0.6) is 5.75 Å². The summed E-state index contributed by atoms with van der Waals surface area (Å²) in [6.45, 7) is 0.470. The average Bonchev–Trinajstić information content (AvgIpc) is 2.83. The number of hydrogen-bond acceptors (Lipinski definition) is 4. The van der Waals surface area contributed by atoms with Crippen LogP contribution in [-0.2, 0) is 6.61 Å². The predicted molar refractivity (Wildman–Crippen MR) is 119 cm³/mol. The van der Waals surface area contributed by atoms with Crippen molar-refractivity contribution >= 4 is 10.8 Å². The Morgan fingerprint density at radius 1 is 0.567 bits per heavy atom. The summed E-state index contributed by atoms with van der Waals surface area (Å²) in [4.78, 5) is 13.6. The third-order valence-electron chi connectivity index (χ3n) is 4.87. The van der Waals surface area contributed by atoms with Crippen LogP contribution in [0.2, 0.25) is 0 Å². The van der Waals surface area contributed by atoms with Crippen LogP contribution in [-0.4, -0.2) is 15.0 Å². The number of pyridine rings is 3. The third-order valence-corrected chi connectivity index (χ3v) is 4.87. The zero-order valence-electron chi connectivity index (χ0n) is 16.3. The molecular formula is C26H19N3O. The highest BCUT2D eigenvalue weighted by Crippen LogP contribution is 2.27. The highest BCUT2D eigenvalue weighted by atomic mass is 16.5. The van der Waals surface area contributed by atoms with Gasteiger partial charge in [0.2, 0.25) is 0 Å². The van der Waals surface area contributed by atoms with Crippen molar-refractivity contribution in [3.63, 3.8) is 0 Å². The molecule has 0 aliphatic heterocycles. The molecule has 0 unspecified atom stereocenters. The molecule has 4 nitrogen and oxygen atoms in total. The van der Waals surface area contributed by atoms with Crippen molar-refractivity contribution < 1.29 is 4.74 Å². The molecule has 5 rings (SSSR count). The molecule has 30 heavy (non-hydrogen) atoms. The van der Waals surface area contributed by atoms with Crippen molar-refractivity contribution in [3.05, 3.63) is 109 Å². The lowest BCUT2D eigenvalue weighted by Crippen LogP contribution is -1.98. The van der Waals surface area contributed by atoms with Gasteiger partial charge >= 0.3 is 0 Å². The maximum atomic E-state index is 6.17. The van der Waals surface area contributed by atoms with Gasteiger partial charge in [0.25, 0.3) is 0 Å². The van der Waals surface area contributed by atoms with E-state index in [9.17, 15) is 0 Å². The van der Waals surface area contributed by atoms with Crippen molar-refractivity contribution in [3.8, 4) is 28.5 Å². The molecular weight excluding hydrogens is 370 g/mol. The van der Waals surface area contributed by atoms with E-state index >= 15 is 0 Å². The summed E-state index contributed by atoms with van der Waals surface area (Å²) in [5.74, 6) is 0.736. The second-order valence-electron chi connectivity index (χ2n) is 6.97. The van der Waals surface area contributed by atoms with Gasteiger partial charge in [-0.15, -0.1) is 0 Å². The molecule has 0 radical (unpaired) electrons. The minimum atomic E-state index is 0.470. The number of ether oxygens (including phenoxy) is 1. The SMILES string of the molecule is c1ccc(-c2cc(OCc3ccc4ccccc4c3)cc(-c3ccccn3)n2)nc1. The van der Waals surface area contributed by atoms with Crippen molar-refractivity contribution in [1.82, 2.24) is 15.0 Å². The standard InChI is InChI=1S/C26H19N3O/c1-2-8-21-15-19(11-12-20(21)7-1)18-30-22-16-25(23-9-3-5-13-27-23)29-26(17-22)24-10-4-6-14-28-24/h1-17H,18H2. The van der Waals surface area contributed by atoms with Crippen LogP contribution in [0.3, 0.4) is 0 Å². The molecule has 0 aliphatic carbocycles. The van der Waals surface area contributed by atoms with E-state index in [0.717, 1.165) is 34.1 Å². The molecule has 3 aromatic heterocycles. The summed E-state index contributed by atoms with van der Waals surface area (Å²) in [7, 11) is 0. The summed E-state index contributed by atoms with van der Waals surface area (Å²) < 4.78 is 6.17. The number of hydrogen-bond donors (Lipinski definition) is 0. The summed E-state index contributed by atoms with van der Waals surface area (Å²) in [5, 5.41) is 2.43. The summed E-state index contributed by atoms with van der Waals surface area (Å²) in [5.41, 5.74) is 4.22. The predicted octanol–water partition coefficient (Wildman–Crippen LogP) is 5.94. The van der Waals surface area contributed by atoms with E-state index in [1.807, 2.05) is 60.7 Å². The zero-order valence-corrected chi connectivity index (χ0v) is 16.3. The van der Waals surface area contributed by atoms with Crippen molar-refractivity contribution in [2.45, 2.75) is 6.61 Å². The molecule has 0 fully saturated rings.